The van der Waals surface area contributed by atoms with E-state index >= 15 is 0 Å². The molecule has 0 amide bonds. The molecule has 10 heavy (non-hydrogen) atoms. The maximum Gasteiger partial charge on any atom is 1.00 e. The Balaban J connectivity index is -0.0000000112. The normalized spacial score (nSPS) is 4.80. The molecule has 10 heteroatoms. The molecule has 0 aliphatic rings. The van der Waals surface area contributed by atoms with E-state index < -0.39 is 18.3 Å². The van der Waals surface area contributed by atoms with Crippen LogP contribution in [0.4, 0.5) is 0 Å². The van der Waals surface area contributed by atoms with Crippen molar-refractivity contribution in [2.75, 3.05) is 0 Å². The van der Waals surface area contributed by atoms with Crippen LogP contribution in [0.3, 0.4) is 0 Å². The molecule has 0 aromatic carbocycles. The Labute approximate surface area is 87.0 Å². The van der Waals surface area contributed by atoms with Crippen LogP contribution in [0.5, 0.6) is 0 Å². The maximum absolute atomic E-state index is 8.74. The summed E-state index contributed by atoms with van der Waals surface area (Å²) in [7, 11) is -6.26. The minimum absolute atomic E-state index is 0. The summed E-state index contributed by atoms with van der Waals surface area (Å²) in [5.74, 6) is 0. The van der Waals surface area contributed by atoms with Crippen LogP contribution in [0.25, 0.3) is 0 Å². The molecule has 0 aliphatic heterocycles. The van der Waals surface area contributed by atoms with E-state index in [1.165, 1.54) is 0 Å². The molecule has 0 saturated heterocycles. The zero-order chi connectivity index (χ0) is 7.15. The van der Waals surface area contributed by atoms with E-state index in [-0.39, 0.29) is 40.6 Å². The van der Waals surface area contributed by atoms with Crippen molar-refractivity contribution in [2.45, 2.75) is 0 Å². The van der Waals surface area contributed by atoms with Crippen molar-refractivity contribution >= 4 is 18.3 Å². The Morgan fingerprint density at radius 1 is 0.800 bits per heavy atom. The molecule has 0 aliphatic carbocycles. The summed E-state index contributed by atoms with van der Waals surface area (Å²) in [6, 6.07) is 0. The van der Waals surface area contributed by atoms with Gasteiger partial charge in [0.25, 0.3) is 0 Å². The molecule has 0 aromatic heterocycles. The Hall–Kier alpha value is 0.429. The largest absolute Gasteiger partial charge is 1.00 e. The van der Waals surface area contributed by atoms with E-state index in [4.69, 9.17) is 28.1 Å². The summed E-state index contributed by atoms with van der Waals surface area (Å²) in [4.78, 5) is 28.6. The fraction of sp³-hybridized carbons (Fsp3) is 0. The first-order chi connectivity index (χ1) is 3.46. The van der Waals surface area contributed by atoms with Gasteiger partial charge in [0, 0.05) is 0 Å². The molecule has 0 unspecified atom stereocenters. The van der Waals surface area contributed by atoms with Crippen molar-refractivity contribution in [1.29, 1.82) is 0 Å². The zero-order valence-electron chi connectivity index (χ0n) is 7.61. The van der Waals surface area contributed by atoms with Crippen molar-refractivity contribution in [3.05, 3.63) is 0 Å². The predicted molar refractivity (Wildman–Crippen MR) is 24.0 cm³/mol. The standard InChI is InChI=1S/2Li.2H2O3Si.2H/c;;2*1-4(2)3;;/h;;2*1-2H;;/q2*+1;;;2*-1. The second kappa shape index (κ2) is 16.2. The Bertz CT molecular complexity index is 79.5. The van der Waals surface area contributed by atoms with Crippen molar-refractivity contribution < 1.29 is 68.7 Å². The SMILES string of the molecule is O=[Si](O)O.O=[Si](O)O.[H-].[H-].[Li+].[Li+]. The number of hydrogen-bond donors (Lipinski definition) is 4. The molecule has 0 radical (unpaired) electrons. The average Bonchev–Trinajstić information content (AvgIpc) is 1.25. The molecule has 6 nitrogen and oxygen atoms in total. The van der Waals surface area contributed by atoms with Gasteiger partial charge in [0.1, 0.15) is 0 Å². The summed E-state index contributed by atoms with van der Waals surface area (Å²) in [5.41, 5.74) is 0. The molecule has 0 bridgehead atoms. The molecular formula is H6Li2O6Si2. The van der Waals surface area contributed by atoms with Crippen LogP contribution in [0.15, 0.2) is 0 Å². The van der Waals surface area contributed by atoms with Crippen LogP contribution in [0.2, 0.25) is 0 Å². The third-order valence-corrected chi connectivity index (χ3v) is 0. The van der Waals surface area contributed by atoms with Gasteiger partial charge in [-0.2, -0.15) is 0 Å². The van der Waals surface area contributed by atoms with Crippen LogP contribution in [0.1, 0.15) is 2.85 Å². The van der Waals surface area contributed by atoms with Crippen LogP contribution in [0, 0.1) is 0 Å². The summed E-state index contributed by atoms with van der Waals surface area (Å²) >= 11 is 0. The molecular weight excluding hydrogens is 166 g/mol. The minimum atomic E-state index is -3.13. The van der Waals surface area contributed by atoms with Gasteiger partial charge in [-0.25, -0.2) is 0 Å². The number of rotatable bonds is 0. The molecule has 0 aromatic rings. The molecule has 0 spiro atoms. The van der Waals surface area contributed by atoms with Gasteiger partial charge in [0.2, 0.25) is 0 Å². The van der Waals surface area contributed by atoms with Crippen LogP contribution in [-0.4, -0.2) is 37.5 Å². The van der Waals surface area contributed by atoms with Gasteiger partial charge in [0.05, 0.1) is 0 Å². The Morgan fingerprint density at radius 2 is 0.800 bits per heavy atom. The second-order valence-electron chi connectivity index (χ2n) is 0.565. The van der Waals surface area contributed by atoms with Crippen molar-refractivity contribution in [3.8, 4) is 0 Å². The van der Waals surface area contributed by atoms with Gasteiger partial charge in [-0.05, 0) is 0 Å². The van der Waals surface area contributed by atoms with E-state index in [0.29, 0.717) is 0 Å². The smallest absolute Gasteiger partial charge is 1.00 e. The fourth-order valence-corrected chi connectivity index (χ4v) is 0. The van der Waals surface area contributed by atoms with Crippen molar-refractivity contribution in [3.63, 3.8) is 0 Å². The van der Waals surface area contributed by atoms with Crippen molar-refractivity contribution in [2.24, 2.45) is 0 Å². The summed E-state index contributed by atoms with van der Waals surface area (Å²) < 4.78 is 17.5. The Kier molecular flexibility index (Phi) is 36.4. The van der Waals surface area contributed by atoms with Gasteiger partial charge in [-0.15, -0.1) is 0 Å². The van der Waals surface area contributed by atoms with E-state index in [2.05, 4.69) is 0 Å². The van der Waals surface area contributed by atoms with E-state index in [1.54, 1.807) is 0 Å². The van der Waals surface area contributed by atoms with E-state index in [1.807, 2.05) is 0 Å². The van der Waals surface area contributed by atoms with Gasteiger partial charge < -0.3 is 22.0 Å². The monoisotopic (exact) mass is 172 g/mol. The molecule has 0 fully saturated rings. The zero-order valence-corrected chi connectivity index (χ0v) is 7.61. The van der Waals surface area contributed by atoms with Crippen LogP contribution < -0.4 is 37.7 Å². The first kappa shape index (κ1) is 22.4. The second-order valence-corrected chi connectivity index (χ2v) is 1.70. The quantitative estimate of drug-likeness (QED) is 0.270. The third kappa shape index (κ3) is 2530. The summed E-state index contributed by atoms with van der Waals surface area (Å²) in [5, 5.41) is 0. The maximum atomic E-state index is 8.74. The molecule has 0 rings (SSSR count). The van der Waals surface area contributed by atoms with E-state index in [9.17, 15) is 0 Å². The average molecular weight is 172 g/mol. The van der Waals surface area contributed by atoms with Gasteiger partial charge in [-0.1, -0.05) is 0 Å². The molecule has 0 heterocycles. The predicted octanol–water partition coefficient (Wildman–Crippen LogP) is -8.99. The van der Waals surface area contributed by atoms with Gasteiger partial charge in [-0.3, -0.25) is 8.92 Å². The third-order valence-electron chi connectivity index (χ3n) is 0. The summed E-state index contributed by atoms with van der Waals surface area (Å²) in [6.45, 7) is 0. The first-order valence-electron chi connectivity index (χ1n) is 1.30. The fourth-order valence-electron chi connectivity index (χ4n) is 0. The van der Waals surface area contributed by atoms with Crippen LogP contribution >= 0.6 is 0 Å². The molecule has 0 atom stereocenters. The number of hydrogen-bond acceptors (Lipinski definition) is 2. The van der Waals surface area contributed by atoms with E-state index in [0.717, 1.165) is 0 Å². The van der Waals surface area contributed by atoms with Gasteiger partial charge >= 0.3 is 56.1 Å². The minimum Gasteiger partial charge on any atom is -1.00 e. The topological polar surface area (TPSA) is 115 Å². The summed E-state index contributed by atoms with van der Waals surface area (Å²) in [6.07, 6.45) is 0. The molecule has 52 valence electrons. The molecule has 0 saturated carbocycles. The van der Waals surface area contributed by atoms with Crippen LogP contribution in [-0.2, 0) is 8.92 Å². The Morgan fingerprint density at radius 3 is 0.800 bits per heavy atom. The van der Waals surface area contributed by atoms with Gasteiger partial charge in [0.15, 0.2) is 0 Å². The first-order valence-corrected chi connectivity index (χ1v) is 3.91. The van der Waals surface area contributed by atoms with Crippen molar-refractivity contribution in [1.82, 2.24) is 0 Å². The molecule has 4 N–H and O–H groups in total.